The fourth-order valence-corrected chi connectivity index (χ4v) is 4.65. The van der Waals surface area contributed by atoms with E-state index in [9.17, 15) is 13.2 Å². The van der Waals surface area contributed by atoms with Crippen LogP contribution in [-0.2, 0) is 9.84 Å². The summed E-state index contributed by atoms with van der Waals surface area (Å²) in [5, 5.41) is 1.31. The maximum atomic E-state index is 12.6. The maximum absolute atomic E-state index is 12.6. The number of sulfone groups is 1. The third kappa shape index (κ3) is 2.65. The van der Waals surface area contributed by atoms with Gasteiger partial charge in [0.25, 0.3) is 5.91 Å². The number of amides is 1. The number of rotatable bonds is 2. The van der Waals surface area contributed by atoms with Crippen molar-refractivity contribution < 1.29 is 13.2 Å². The second-order valence-corrected chi connectivity index (χ2v) is 8.03. The minimum Gasteiger partial charge on any atom is -0.360 e. The number of aromatic nitrogens is 1. The Bertz CT molecular complexity index is 813. The quantitative estimate of drug-likeness (QED) is 0.918. The lowest BCUT2D eigenvalue weighted by Crippen LogP contribution is -2.37. The van der Waals surface area contributed by atoms with Crippen molar-refractivity contribution in [3.8, 4) is 0 Å². The van der Waals surface area contributed by atoms with Gasteiger partial charge in [-0.2, -0.15) is 0 Å². The molecule has 0 radical (unpaired) electrons. The molecule has 112 valence electrons. The first kappa shape index (κ1) is 14.4. The summed E-state index contributed by atoms with van der Waals surface area (Å²) in [6.07, 6.45) is 2.14. The number of hydrogen-bond acceptors (Lipinski definition) is 3. The van der Waals surface area contributed by atoms with Crippen LogP contribution in [0.3, 0.4) is 0 Å². The summed E-state index contributed by atoms with van der Waals surface area (Å²) in [4.78, 5) is 17.2. The number of H-pyrrole nitrogens is 1. The van der Waals surface area contributed by atoms with Crippen LogP contribution in [0.1, 0.15) is 16.8 Å². The zero-order chi connectivity index (χ0) is 15.2. The van der Waals surface area contributed by atoms with Crippen LogP contribution in [0.4, 0.5) is 0 Å². The molecule has 3 rings (SSSR count). The van der Waals surface area contributed by atoms with Crippen molar-refractivity contribution in [3.05, 3.63) is 35.0 Å². The Morgan fingerprint density at radius 3 is 2.86 bits per heavy atom. The average Bonchev–Trinajstić information content (AvgIpc) is 3.00. The Hall–Kier alpha value is -1.53. The van der Waals surface area contributed by atoms with E-state index in [0.717, 1.165) is 10.9 Å². The molecular weight excluding hydrogens is 312 g/mol. The molecule has 1 atom stereocenters. The molecule has 0 saturated carbocycles. The molecular formula is C14H15ClN2O3S. The molecule has 1 saturated heterocycles. The number of benzene rings is 1. The molecule has 1 aliphatic heterocycles. The van der Waals surface area contributed by atoms with Crippen LogP contribution in [0.2, 0.25) is 5.02 Å². The van der Waals surface area contributed by atoms with E-state index in [0.29, 0.717) is 17.0 Å². The van der Waals surface area contributed by atoms with Gasteiger partial charge in [0.05, 0.1) is 17.1 Å². The molecule has 1 aliphatic rings. The van der Waals surface area contributed by atoms with Gasteiger partial charge in [0, 0.05) is 35.2 Å². The lowest BCUT2D eigenvalue weighted by molar-refractivity contribution is 0.0749. The molecule has 1 aromatic carbocycles. The normalized spacial score (nSPS) is 20.8. The van der Waals surface area contributed by atoms with Crippen LogP contribution < -0.4 is 0 Å². The monoisotopic (exact) mass is 326 g/mol. The number of nitrogens with one attached hydrogen (secondary N) is 1. The fourth-order valence-electron chi connectivity index (χ4n) is 2.71. The van der Waals surface area contributed by atoms with Crippen molar-refractivity contribution in [1.29, 1.82) is 0 Å². The van der Waals surface area contributed by atoms with E-state index in [4.69, 9.17) is 11.6 Å². The van der Waals surface area contributed by atoms with E-state index >= 15 is 0 Å². The van der Waals surface area contributed by atoms with Crippen LogP contribution in [-0.4, -0.2) is 48.8 Å². The average molecular weight is 327 g/mol. The Morgan fingerprint density at radius 1 is 1.43 bits per heavy atom. The summed E-state index contributed by atoms with van der Waals surface area (Å²) >= 11 is 5.98. The highest BCUT2D eigenvalue weighted by atomic mass is 35.5. The Labute approximate surface area is 127 Å². The highest BCUT2D eigenvalue weighted by Gasteiger charge is 2.33. The molecule has 2 heterocycles. The predicted octanol–water partition coefficient (Wildman–Crippen LogP) is 2.08. The van der Waals surface area contributed by atoms with Crippen LogP contribution in [0.25, 0.3) is 10.9 Å². The summed E-state index contributed by atoms with van der Waals surface area (Å²) in [5.41, 5.74) is 1.34. The minimum atomic E-state index is -3.01. The van der Waals surface area contributed by atoms with E-state index in [1.807, 2.05) is 6.07 Å². The predicted molar refractivity (Wildman–Crippen MR) is 82.5 cm³/mol. The Morgan fingerprint density at radius 2 is 2.19 bits per heavy atom. The summed E-state index contributed by atoms with van der Waals surface area (Å²) in [6.45, 7) is 0. The topological polar surface area (TPSA) is 70.2 Å². The van der Waals surface area contributed by atoms with Gasteiger partial charge < -0.3 is 9.88 Å². The molecule has 2 aromatic rings. The molecule has 1 aromatic heterocycles. The van der Waals surface area contributed by atoms with Gasteiger partial charge in [-0.15, -0.1) is 0 Å². The number of nitrogens with zero attached hydrogens (tertiary/aromatic N) is 1. The molecule has 1 N–H and O–H groups in total. The van der Waals surface area contributed by atoms with Crippen LogP contribution in [0.15, 0.2) is 24.4 Å². The van der Waals surface area contributed by atoms with Crippen LogP contribution >= 0.6 is 11.6 Å². The first-order valence-electron chi connectivity index (χ1n) is 6.61. The number of fused-ring (bicyclic) bond motifs is 1. The third-order valence-electron chi connectivity index (χ3n) is 3.95. The van der Waals surface area contributed by atoms with Crippen molar-refractivity contribution in [1.82, 2.24) is 9.88 Å². The first-order valence-corrected chi connectivity index (χ1v) is 8.81. The summed E-state index contributed by atoms with van der Waals surface area (Å²) < 4.78 is 23.1. The van der Waals surface area contributed by atoms with Gasteiger partial charge in [-0.3, -0.25) is 4.79 Å². The molecule has 5 nitrogen and oxygen atoms in total. The number of aromatic amines is 1. The highest BCUT2D eigenvalue weighted by Crippen LogP contribution is 2.25. The maximum Gasteiger partial charge on any atom is 0.256 e. The zero-order valence-corrected chi connectivity index (χ0v) is 13.0. The largest absolute Gasteiger partial charge is 0.360 e. The van der Waals surface area contributed by atoms with Gasteiger partial charge >= 0.3 is 0 Å². The molecule has 0 spiro atoms. The van der Waals surface area contributed by atoms with Gasteiger partial charge in [0.15, 0.2) is 9.84 Å². The van der Waals surface area contributed by atoms with Crippen molar-refractivity contribution in [2.45, 2.75) is 12.5 Å². The molecule has 7 heteroatoms. The summed E-state index contributed by atoms with van der Waals surface area (Å²) in [5.74, 6) is -0.00140. The summed E-state index contributed by atoms with van der Waals surface area (Å²) in [6, 6.07) is 5.04. The SMILES string of the molecule is CN(C(=O)c1c[nH]c2ccc(Cl)cc12)C1CCS(=O)(=O)C1. The van der Waals surface area contributed by atoms with E-state index in [2.05, 4.69) is 4.98 Å². The zero-order valence-electron chi connectivity index (χ0n) is 11.5. The number of carbonyl (C=O) groups is 1. The second-order valence-electron chi connectivity index (χ2n) is 5.37. The molecule has 1 amide bonds. The van der Waals surface area contributed by atoms with Crippen molar-refractivity contribution in [2.75, 3.05) is 18.6 Å². The van der Waals surface area contributed by atoms with Crippen molar-refractivity contribution >= 4 is 38.2 Å². The Balaban J connectivity index is 1.92. The molecule has 1 unspecified atom stereocenters. The standard InChI is InChI=1S/C14H15ClN2O3S/c1-17(10-4-5-21(19,20)8-10)14(18)12-7-16-13-3-2-9(15)6-11(12)13/h2-3,6-7,10,16H,4-5,8H2,1H3. The van der Waals surface area contributed by atoms with E-state index < -0.39 is 9.84 Å². The van der Waals surface area contributed by atoms with E-state index in [1.54, 1.807) is 25.4 Å². The molecule has 0 aliphatic carbocycles. The van der Waals surface area contributed by atoms with Gasteiger partial charge in [0.1, 0.15) is 0 Å². The number of carbonyl (C=O) groups excluding carboxylic acids is 1. The summed E-state index contributed by atoms with van der Waals surface area (Å²) in [7, 11) is -1.36. The van der Waals surface area contributed by atoms with Gasteiger partial charge in [0.2, 0.25) is 0 Å². The fraction of sp³-hybridized carbons (Fsp3) is 0.357. The van der Waals surface area contributed by atoms with Crippen molar-refractivity contribution in [2.24, 2.45) is 0 Å². The molecule has 0 bridgehead atoms. The highest BCUT2D eigenvalue weighted by molar-refractivity contribution is 7.91. The van der Waals surface area contributed by atoms with Gasteiger partial charge in [-0.25, -0.2) is 8.42 Å². The lowest BCUT2D eigenvalue weighted by atomic mass is 10.1. The number of hydrogen-bond donors (Lipinski definition) is 1. The third-order valence-corrected chi connectivity index (χ3v) is 5.94. The molecule has 1 fully saturated rings. The molecule has 21 heavy (non-hydrogen) atoms. The lowest BCUT2D eigenvalue weighted by Gasteiger charge is -2.23. The van der Waals surface area contributed by atoms with E-state index in [-0.39, 0.29) is 23.5 Å². The Kier molecular flexibility index (Phi) is 3.45. The minimum absolute atomic E-state index is 0.0400. The van der Waals surface area contributed by atoms with Crippen molar-refractivity contribution in [3.63, 3.8) is 0 Å². The van der Waals surface area contributed by atoms with Crippen LogP contribution in [0, 0.1) is 0 Å². The van der Waals surface area contributed by atoms with Gasteiger partial charge in [-0.1, -0.05) is 11.6 Å². The first-order chi connectivity index (χ1) is 9.87. The van der Waals surface area contributed by atoms with E-state index in [1.165, 1.54) is 4.90 Å². The van der Waals surface area contributed by atoms with Crippen LogP contribution in [0.5, 0.6) is 0 Å². The van der Waals surface area contributed by atoms with Gasteiger partial charge in [-0.05, 0) is 24.6 Å². The number of halogens is 1. The smallest absolute Gasteiger partial charge is 0.256 e. The second kappa shape index (κ2) is 5.03.